The number of nitro benzene ring substituents is 1. The number of nitro groups is 1. The zero-order valence-corrected chi connectivity index (χ0v) is 10.8. The quantitative estimate of drug-likeness (QED) is 0.471. The van der Waals surface area contributed by atoms with Gasteiger partial charge in [0.25, 0.3) is 0 Å². The van der Waals surface area contributed by atoms with Crippen molar-refractivity contribution in [2.45, 2.75) is 19.9 Å². The number of nitrogens with two attached hydrogens (primary N) is 1. The lowest BCUT2D eigenvalue weighted by molar-refractivity contribution is -0.386. The van der Waals surface area contributed by atoms with Gasteiger partial charge in [0, 0.05) is 5.56 Å². The van der Waals surface area contributed by atoms with Crippen molar-refractivity contribution in [2.75, 3.05) is 13.2 Å². The summed E-state index contributed by atoms with van der Waals surface area (Å²) in [5.41, 5.74) is 5.90. The number of hydrogen-bond acceptors (Lipinski definition) is 6. The van der Waals surface area contributed by atoms with Crippen molar-refractivity contribution >= 4 is 11.7 Å². The Labute approximate surface area is 110 Å². The van der Waals surface area contributed by atoms with E-state index in [4.69, 9.17) is 15.2 Å². The van der Waals surface area contributed by atoms with E-state index >= 15 is 0 Å². The summed E-state index contributed by atoms with van der Waals surface area (Å²) in [6.45, 7) is 3.31. The summed E-state index contributed by atoms with van der Waals surface area (Å²) in [5, 5.41) is 10.9. The molecule has 0 bridgehead atoms. The molecule has 0 aromatic heterocycles. The number of carbonyl (C=O) groups excluding carboxylic acids is 1. The average Bonchev–Trinajstić information content (AvgIpc) is 2.35. The van der Waals surface area contributed by atoms with Crippen LogP contribution >= 0.6 is 0 Å². The van der Waals surface area contributed by atoms with Gasteiger partial charge in [-0.3, -0.25) is 14.9 Å². The highest BCUT2D eigenvalue weighted by Crippen LogP contribution is 2.30. The third-order valence-corrected chi connectivity index (χ3v) is 2.39. The fraction of sp³-hybridized carbons (Fsp3) is 0.417. The molecule has 1 unspecified atom stereocenters. The number of carbonyl (C=O) groups is 1. The normalized spacial score (nSPS) is 11.7. The van der Waals surface area contributed by atoms with Crippen LogP contribution < -0.4 is 10.5 Å². The fourth-order valence-corrected chi connectivity index (χ4v) is 1.48. The summed E-state index contributed by atoms with van der Waals surface area (Å²) in [5.74, 6) is -0.512. The molecule has 19 heavy (non-hydrogen) atoms. The van der Waals surface area contributed by atoms with Gasteiger partial charge in [-0.15, -0.1) is 0 Å². The first kappa shape index (κ1) is 14.9. The van der Waals surface area contributed by atoms with Gasteiger partial charge in [0.05, 0.1) is 11.5 Å². The van der Waals surface area contributed by atoms with E-state index in [0.29, 0.717) is 5.56 Å². The molecule has 2 N–H and O–H groups in total. The topological polar surface area (TPSA) is 105 Å². The van der Waals surface area contributed by atoms with Gasteiger partial charge in [0.2, 0.25) is 0 Å². The molecule has 104 valence electrons. The highest BCUT2D eigenvalue weighted by molar-refractivity contribution is 5.75. The zero-order chi connectivity index (χ0) is 14.4. The zero-order valence-electron chi connectivity index (χ0n) is 10.8. The molecule has 1 aromatic carbocycles. The van der Waals surface area contributed by atoms with Crippen LogP contribution in [0.4, 0.5) is 5.69 Å². The van der Waals surface area contributed by atoms with Crippen LogP contribution in [0.15, 0.2) is 18.2 Å². The van der Waals surface area contributed by atoms with Gasteiger partial charge in [-0.2, -0.15) is 0 Å². The third-order valence-electron chi connectivity index (χ3n) is 2.39. The maximum Gasteiger partial charge on any atom is 0.326 e. The molecule has 0 heterocycles. The Morgan fingerprint density at radius 2 is 2.21 bits per heavy atom. The Bertz CT molecular complexity index is 475. The number of para-hydroxylation sites is 1. The molecule has 0 aliphatic carbocycles. The lowest BCUT2D eigenvalue weighted by Crippen LogP contribution is -2.37. The van der Waals surface area contributed by atoms with Crippen molar-refractivity contribution in [3.8, 4) is 5.75 Å². The molecule has 1 rings (SSSR count). The van der Waals surface area contributed by atoms with E-state index in [2.05, 4.69) is 0 Å². The number of nitrogens with zero attached hydrogens (tertiary/aromatic N) is 1. The number of hydrogen-bond donors (Lipinski definition) is 1. The maximum atomic E-state index is 11.3. The minimum atomic E-state index is -0.972. The number of ether oxygens (including phenoxy) is 2. The van der Waals surface area contributed by atoms with E-state index in [1.54, 1.807) is 26.0 Å². The SMILES string of the molecule is CCOC(=O)C(N)COc1cccc(C)c1[N+](=O)[O-]. The van der Waals surface area contributed by atoms with Crippen LogP contribution in [0.3, 0.4) is 0 Å². The van der Waals surface area contributed by atoms with Crippen LogP contribution in [0.1, 0.15) is 12.5 Å². The van der Waals surface area contributed by atoms with Crippen LogP contribution in [-0.2, 0) is 9.53 Å². The van der Waals surface area contributed by atoms with Gasteiger partial charge in [0.1, 0.15) is 12.6 Å². The van der Waals surface area contributed by atoms with Gasteiger partial charge in [-0.05, 0) is 19.9 Å². The summed E-state index contributed by atoms with van der Waals surface area (Å²) in [6, 6.07) is 3.73. The fourth-order valence-electron chi connectivity index (χ4n) is 1.48. The third kappa shape index (κ3) is 3.92. The number of rotatable bonds is 6. The van der Waals surface area contributed by atoms with E-state index in [1.807, 2.05) is 0 Å². The lowest BCUT2D eigenvalue weighted by atomic mass is 10.2. The molecule has 0 spiro atoms. The molecule has 7 heteroatoms. The minimum absolute atomic E-state index is 0.0877. The molecular formula is C12H16N2O5. The van der Waals surface area contributed by atoms with Crippen LogP contribution in [-0.4, -0.2) is 30.1 Å². The standard InChI is InChI=1S/C12H16N2O5/c1-3-18-12(15)9(13)7-19-10-6-4-5-8(2)11(10)14(16)17/h4-6,9H,3,7,13H2,1-2H3. The van der Waals surface area contributed by atoms with E-state index in [1.165, 1.54) is 6.07 Å². The highest BCUT2D eigenvalue weighted by Gasteiger charge is 2.21. The highest BCUT2D eigenvalue weighted by atomic mass is 16.6. The summed E-state index contributed by atoms with van der Waals surface area (Å²) in [7, 11) is 0. The second-order valence-electron chi connectivity index (χ2n) is 3.85. The second-order valence-corrected chi connectivity index (χ2v) is 3.85. The van der Waals surface area contributed by atoms with E-state index in [9.17, 15) is 14.9 Å². The number of benzene rings is 1. The number of aryl methyl sites for hydroxylation is 1. The molecule has 0 saturated carbocycles. The van der Waals surface area contributed by atoms with E-state index < -0.39 is 16.9 Å². The monoisotopic (exact) mass is 268 g/mol. The molecule has 1 atom stereocenters. The molecule has 0 radical (unpaired) electrons. The van der Waals surface area contributed by atoms with Crippen LogP contribution in [0.2, 0.25) is 0 Å². The summed E-state index contributed by atoms with van der Waals surface area (Å²) in [4.78, 5) is 21.7. The number of esters is 1. The molecule has 0 fully saturated rings. The molecule has 1 aromatic rings. The Balaban J connectivity index is 2.76. The van der Waals surface area contributed by atoms with Gasteiger partial charge in [-0.1, -0.05) is 12.1 Å². The summed E-state index contributed by atoms with van der Waals surface area (Å²) >= 11 is 0. The average molecular weight is 268 g/mol. The Morgan fingerprint density at radius 3 is 2.79 bits per heavy atom. The van der Waals surface area contributed by atoms with Crippen LogP contribution in [0, 0.1) is 17.0 Å². The van der Waals surface area contributed by atoms with Gasteiger partial charge < -0.3 is 15.2 Å². The van der Waals surface area contributed by atoms with Crippen molar-refractivity contribution in [2.24, 2.45) is 5.73 Å². The Hall–Kier alpha value is -2.15. The van der Waals surface area contributed by atoms with E-state index in [-0.39, 0.29) is 24.7 Å². The van der Waals surface area contributed by atoms with E-state index in [0.717, 1.165) is 0 Å². The van der Waals surface area contributed by atoms with Crippen molar-refractivity contribution < 1.29 is 19.2 Å². The first-order valence-corrected chi connectivity index (χ1v) is 5.76. The predicted molar refractivity (Wildman–Crippen MR) is 67.9 cm³/mol. The first-order chi connectivity index (χ1) is 8.97. The van der Waals surface area contributed by atoms with Crippen molar-refractivity contribution in [3.05, 3.63) is 33.9 Å². The van der Waals surface area contributed by atoms with Gasteiger partial charge in [0.15, 0.2) is 5.75 Å². The predicted octanol–water partition coefficient (Wildman–Crippen LogP) is 1.17. The largest absolute Gasteiger partial charge is 0.485 e. The second kappa shape index (κ2) is 6.69. The van der Waals surface area contributed by atoms with Crippen LogP contribution in [0.25, 0.3) is 0 Å². The Morgan fingerprint density at radius 1 is 1.53 bits per heavy atom. The molecule has 0 aliphatic rings. The lowest BCUT2D eigenvalue weighted by Gasteiger charge is -2.12. The Kier molecular flexibility index (Phi) is 5.25. The molecule has 0 amide bonds. The summed E-state index contributed by atoms with van der Waals surface area (Å²) < 4.78 is 9.96. The first-order valence-electron chi connectivity index (χ1n) is 5.76. The molecule has 7 nitrogen and oxygen atoms in total. The van der Waals surface area contributed by atoms with Gasteiger partial charge >= 0.3 is 11.7 Å². The van der Waals surface area contributed by atoms with Crippen molar-refractivity contribution in [3.63, 3.8) is 0 Å². The minimum Gasteiger partial charge on any atom is -0.485 e. The van der Waals surface area contributed by atoms with Gasteiger partial charge in [-0.25, -0.2) is 0 Å². The smallest absolute Gasteiger partial charge is 0.326 e. The van der Waals surface area contributed by atoms with Crippen molar-refractivity contribution in [1.29, 1.82) is 0 Å². The maximum absolute atomic E-state index is 11.3. The van der Waals surface area contributed by atoms with Crippen molar-refractivity contribution in [1.82, 2.24) is 0 Å². The molecular weight excluding hydrogens is 252 g/mol. The summed E-state index contributed by atoms with van der Waals surface area (Å²) in [6.07, 6.45) is 0. The molecule has 0 aliphatic heterocycles. The van der Waals surface area contributed by atoms with Crippen LogP contribution in [0.5, 0.6) is 5.75 Å². The molecule has 0 saturated heterocycles.